The van der Waals surface area contributed by atoms with E-state index in [0.29, 0.717) is 25.9 Å². The highest BCUT2D eigenvalue weighted by molar-refractivity contribution is 7.22. The molecule has 2 aromatic heterocycles. The van der Waals surface area contributed by atoms with Crippen LogP contribution in [0.1, 0.15) is 27.0 Å². The number of halogens is 2. The number of anilines is 1. The van der Waals surface area contributed by atoms with E-state index in [2.05, 4.69) is 13.0 Å². The van der Waals surface area contributed by atoms with Crippen LogP contribution in [0.5, 0.6) is 0 Å². The largest absolute Gasteiger partial charge is 0.279 e. The quantitative estimate of drug-likeness (QED) is 0.333. The van der Waals surface area contributed by atoms with E-state index >= 15 is 0 Å². The van der Waals surface area contributed by atoms with Crippen LogP contribution in [0.2, 0.25) is 8.67 Å². The fourth-order valence-electron chi connectivity index (χ4n) is 3.10. The summed E-state index contributed by atoms with van der Waals surface area (Å²) in [6.45, 7) is 4.52. The summed E-state index contributed by atoms with van der Waals surface area (Å²) >= 11 is 15.1. The second-order valence-corrected chi connectivity index (χ2v) is 9.80. The summed E-state index contributed by atoms with van der Waals surface area (Å²) in [5.41, 5.74) is 4.62. The van der Waals surface area contributed by atoms with Gasteiger partial charge >= 0.3 is 0 Å². The first kappa shape index (κ1) is 19.4. The molecule has 0 atom stereocenters. The van der Waals surface area contributed by atoms with E-state index in [1.807, 2.05) is 43.3 Å². The van der Waals surface area contributed by atoms with Gasteiger partial charge in [0.25, 0.3) is 5.91 Å². The Morgan fingerprint density at radius 3 is 2.50 bits per heavy atom. The molecule has 0 saturated heterocycles. The molecule has 0 unspecified atom stereocenters. The lowest BCUT2D eigenvalue weighted by Crippen LogP contribution is -2.30. The Bertz CT molecular complexity index is 1170. The first-order valence-electron chi connectivity index (χ1n) is 8.61. The van der Waals surface area contributed by atoms with E-state index in [0.717, 1.165) is 26.9 Å². The number of aryl methyl sites for hydroxylation is 2. The molecular formula is C21H16Cl2N2OS2. The zero-order chi connectivity index (χ0) is 19.8. The van der Waals surface area contributed by atoms with Crippen molar-refractivity contribution >= 4 is 67.1 Å². The number of nitrogens with zero attached hydrogens (tertiary/aromatic N) is 2. The number of amides is 1. The Morgan fingerprint density at radius 2 is 1.82 bits per heavy atom. The molecule has 3 nitrogen and oxygen atoms in total. The van der Waals surface area contributed by atoms with Crippen molar-refractivity contribution in [3.8, 4) is 0 Å². The molecule has 0 spiro atoms. The van der Waals surface area contributed by atoms with E-state index in [4.69, 9.17) is 28.2 Å². The van der Waals surface area contributed by atoms with Crippen molar-refractivity contribution in [1.82, 2.24) is 4.98 Å². The van der Waals surface area contributed by atoms with Crippen LogP contribution < -0.4 is 4.90 Å². The topological polar surface area (TPSA) is 33.2 Å². The average molecular weight is 447 g/mol. The number of fused-ring (bicyclic) bond motifs is 1. The Balaban J connectivity index is 1.82. The maximum atomic E-state index is 13.4. The van der Waals surface area contributed by atoms with Gasteiger partial charge in [0, 0.05) is 0 Å². The van der Waals surface area contributed by atoms with Gasteiger partial charge in [0.05, 0.1) is 26.7 Å². The fourth-order valence-corrected chi connectivity index (χ4v) is 5.57. The summed E-state index contributed by atoms with van der Waals surface area (Å²) in [4.78, 5) is 19.8. The molecule has 28 heavy (non-hydrogen) atoms. The fraction of sp³-hybridized carbons (Fsp3) is 0.143. The highest BCUT2D eigenvalue weighted by Crippen LogP contribution is 2.36. The van der Waals surface area contributed by atoms with Crippen molar-refractivity contribution < 1.29 is 4.79 Å². The lowest BCUT2D eigenvalue weighted by molar-refractivity contribution is 0.0985. The minimum atomic E-state index is -0.203. The van der Waals surface area contributed by atoms with Gasteiger partial charge in [-0.25, -0.2) is 4.98 Å². The van der Waals surface area contributed by atoms with E-state index in [9.17, 15) is 4.79 Å². The minimum Gasteiger partial charge on any atom is -0.279 e. The molecule has 4 aromatic rings. The van der Waals surface area contributed by atoms with Crippen LogP contribution in [0.25, 0.3) is 10.2 Å². The Morgan fingerprint density at radius 1 is 1.07 bits per heavy atom. The molecule has 2 aromatic carbocycles. The van der Waals surface area contributed by atoms with Crippen molar-refractivity contribution in [3.63, 3.8) is 0 Å². The highest BCUT2D eigenvalue weighted by Gasteiger charge is 2.25. The summed E-state index contributed by atoms with van der Waals surface area (Å²) in [6.07, 6.45) is 0. The first-order chi connectivity index (χ1) is 13.4. The van der Waals surface area contributed by atoms with Crippen molar-refractivity contribution in [2.24, 2.45) is 0 Å². The third-order valence-corrected chi connectivity index (χ3v) is 7.07. The molecule has 0 radical (unpaired) electrons. The van der Waals surface area contributed by atoms with Crippen LogP contribution in [0.4, 0.5) is 5.13 Å². The third-order valence-electron chi connectivity index (χ3n) is 4.36. The van der Waals surface area contributed by atoms with Crippen molar-refractivity contribution in [3.05, 3.63) is 79.5 Å². The highest BCUT2D eigenvalue weighted by atomic mass is 35.5. The molecular weight excluding hydrogens is 431 g/mol. The number of carbonyl (C=O) groups is 1. The second kappa shape index (κ2) is 7.84. The molecule has 142 valence electrons. The lowest BCUT2D eigenvalue weighted by atomic mass is 10.1. The maximum Gasteiger partial charge on any atom is 0.262 e. The number of hydrogen-bond acceptors (Lipinski definition) is 4. The minimum absolute atomic E-state index is 0.203. The first-order valence-corrected chi connectivity index (χ1v) is 11.0. The molecule has 0 aliphatic heterocycles. The number of aromatic nitrogens is 1. The van der Waals surface area contributed by atoms with Crippen LogP contribution in [-0.4, -0.2) is 10.9 Å². The smallest absolute Gasteiger partial charge is 0.262 e. The number of hydrogen-bond donors (Lipinski definition) is 0. The van der Waals surface area contributed by atoms with Crippen molar-refractivity contribution in [2.75, 3.05) is 4.90 Å². The van der Waals surface area contributed by atoms with Crippen molar-refractivity contribution in [1.29, 1.82) is 0 Å². The lowest BCUT2D eigenvalue weighted by Gasteiger charge is -2.19. The number of carbonyl (C=O) groups excluding carboxylic acids is 1. The van der Waals surface area contributed by atoms with Gasteiger partial charge < -0.3 is 0 Å². The molecule has 4 rings (SSSR count). The van der Waals surface area contributed by atoms with Crippen LogP contribution in [0.3, 0.4) is 0 Å². The summed E-state index contributed by atoms with van der Waals surface area (Å²) in [6, 6.07) is 15.6. The van der Waals surface area contributed by atoms with Crippen molar-refractivity contribution in [2.45, 2.75) is 20.4 Å². The molecule has 0 aliphatic rings. The van der Waals surface area contributed by atoms with Crippen LogP contribution in [-0.2, 0) is 6.54 Å². The van der Waals surface area contributed by atoms with Gasteiger partial charge in [0.2, 0.25) is 0 Å². The van der Waals surface area contributed by atoms with Crippen LogP contribution >= 0.6 is 45.9 Å². The monoisotopic (exact) mass is 446 g/mol. The zero-order valence-electron chi connectivity index (χ0n) is 15.2. The number of thiazole rings is 1. The predicted molar refractivity (Wildman–Crippen MR) is 120 cm³/mol. The third kappa shape index (κ3) is 3.80. The summed E-state index contributed by atoms with van der Waals surface area (Å²) < 4.78 is 1.96. The van der Waals surface area contributed by atoms with Crippen LogP contribution in [0.15, 0.2) is 48.5 Å². The maximum absolute atomic E-state index is 13.4. The molecule has 0 bridgehead atoms. The zero-order valence-corrected chi connectivity index (χ0v) is 18.3. The van der Waals surface area contributed by atoms with Crippen LogP contribution in [0, 0.1) is 13.8 Å². The summed E-state index contributed by atoms with van der Waals surface area (Å²) in [5.74, 6) is -0.203. The average Bonchev–Trinajstić information content (AvgIpc) is 3.22. The molecule has 2 heterocycles. The Labute approximate surface area is 181 Å². The standard InChI is InChI=1S/C21H16Cl2N2OS2/c1-12-8-13(2)18-16(9-12)24-21(28-18)25(11-14-6-4-3-5-7-14)20(26)15-10-17(22)27-19(15)23/h3-10H,11H2,1-2H3. The normalized spacial score (nSPS) is 11.1. The Kier molecular flexibility index (Phi) is 5.43. The van der Waals surface area contributed by atoms with Gasteiger partial charge in [-0.05, 0) is 42.7 Å². The molecule has 7 heteroatoms. The second-order valence-electron chi connectivity index (χ2n) is 6.54. The van der Waals surface area contributed by atoms with Gasteiger partial charge in [0.1, 0.15) is 4.34 Å². The van der Waals surface area contributed by atoms with Gasteiger partial charge in [-0.3, -0.25) is 9.69 Å². The number of benzene rings is 2. The van der Waals surface area contributed by atoms with E-state index < -0.39 is 0 Å². The van der Waals surface area contributed by atoms with Gasteiger partial charge in [-0.2, -0.15) is 0 Å². The summed E-state index contributed by atoms with van der Waals surface area (Å²) in [5, 5.41) is 0.649. The number of thiophene rings is 1. The molecule has 0 saturated carbocycles. The molecule has 0 N–H and O–H groups in total. The van der Waals surface area contributed by atoms with Gasteiger partial charge in [0.15, 0.2) is 5.13 Å². The Hall–Kier alpha value is -1.92. The number of rotatable bonds is 4. The van der Waals surface area contributed by atoms with E-state index in [-0.39, 0.29) is 5.91 Å². The van der Waals surface area contributed by atoms with E-state index in [1.165, 1.54) is 22.7 Å². The molecule has 0 fully saturated rings. The van der Waals surface area contributed by atoms with E-state index in [1.54, 1.807) is 11.0 Å². The predicted octanol–water partition coefficient (Wildman–Crippen LogP) is 7.13. The molecule has 1 amide bonds. The SMILES string of the molecule is Cc1cc(C)c2sc(N(Cc3ccccc3)C(=O)c3cc(Cl)sc3Cl)nc2c1. The molecule has 0 aliphatic carbocycles. The summed E-state index contributed by atoms with van der Waals surface area (Å²) in [7, 11) is 0. The van der Waals surface area contributed by atoms with Gasteiger partial charge in [-0.15, -0.1) is 11.3 Å². The van der Waals surface area contributed by atoms with Gasteiger partial charge in [-0.1, -0.05) is 70.9 Å².